The van der Waals surface area contributed by atoms with Gasteiger partial charge in [0.2, 0.25) is 5.78 Å². The molecule has 0 saturated heterocycles. The van der Waals surface area contributed by atoms with Crippen LogP contribution >= 0.6 is 0 Å². The number of carbonyl (C=O) groups is 2. The van der Waals surface area contributed by atoms with Crippen LogP contribution in [-0.2, 0) is 10.9 Å². The first kappa shape index (κ1) is 19.6. The second-order valence-corrected chi connectivity index (χ2v) is 5.76. The van der Waals surface area contributed by atoms with Crippen molar-refractivity contribution >= 4 is 11.8 Å². The zero-order valence-electron chi connectivity index (χ0n) is 14.7. The van der Waals surface area contributed by atoms with Gasteiger partial charge in [-0.15, -0.1) is 0 Å². The summed E-state index contributed by atoms with van der Waals surface area (Å²) in [4.78, 5) is 27.2. The fraction of sp³-hybridized carbons (Fsp3) is 0.333. The number of hydrogen-bond donors (Lipinski definition) is 1. The summed E-state index contributed by atoms with van der Waals surface area (Å²) in [5.74, 6) is -0.861. The number of carbonyl (C=O) groups excluding carboxylic acids is 2. The Kier molecular flexibility index (Phi) is 5.44. The Morgan fingerprint density at radius 3 is 2.19 bits per heavy atom. The first-order valence-electron chi connectivity index (χ1n) is 7.71. The summed E-state index contributed by atoms with van der Waals surface area (Å²) in [5, 5.41) is 0. The van der Waals surface area contributed by atoms with E-state index in [4.69, 9.17) is 9.47 Å². The molecule has 26 heavy (non-hydrogen) atoms. The van der Waals surface area contributed by atoms with Gasteiger partial charge in [-0.05, 0) is 50.6 Å². The van der Waals surface area contributed by atoms with Gasteiger partial charge in [-0.3, -0.25) is 4.79 Å². The lowest BCUT2D eigenvalue weighted by atomic mass is 10.1. The lowest BCUT2D eigenvalue weighted by Crippen LogP contribution is -2.25. The number of Topliss-reactive ketones (excluding diaryl/α,β-unsaturated/α-hetero) is 1. The van der Waals surface area contributed by atoms with Crippen LogP contribution in [0.2, 0.25) is 0 Å². The van der Waals surface area contributed by atoms with Crippen molar-refractivity contribution < 1.29 is 32.2 Å². The standard InChI is InChI=1S/C18H18F3NO4/c1-9-14(17(24)25-4)10(2)22-15(9)16(23)11(3)26-13-7-5-12(6-8-13)18(19,20)21/h5-8,11,22H,1-4H3/t11-/m0/s1. The largest absolute Gasteiger partial charge is 0.483 e. The predicted molar refractivity (Wildman–Crippen MR) is 87.5 cm³/mol. The number of methoxy groups -OCH3 is 1. The highest BCUT2D eigenvalue weighted by Gasteiger charge is 2.30. The molecule has 0 aliphatic carbocycles. The number of ether oxygens (including phenoxy) is 2. The van der Waals surface area contributed by atoms with Crippen LogP contribution in [-0.4, -0.2) is 30.0 Å². The number of benzene rings is 1. The Bertz CT molecular complexity index is 822. The topological polar surface area (TPSA) is 68.4 Å². The van der Waals surface area contributed by atoms with Crippen LogP contribution < -0.4 is 4.74 Å². The van der Waals surface area contributed by atoms with Crippen LogP contribution in [0.25, 0.3) is 0 Å². The molecule has 0 aliphatic heterocycles. The summed E-state index contributed by atoms with van der Waals surface area (Å²) in [5.41, 5.74) is 0.587. The molecular formula is C18H18F3NO4. The maximum Gasteiger partial charge on any atom is 0.416 e. The molecule has 1 N–H and O–H groups in total. The number of rotatable bonds is 5. The van der Waals surface area contributed by atoms with Crippen molar-refractivity contribution in [1.29, 1.82) is 0 Å². The number of ketones is 1. The van der Waals surface area contributed by atoms with Crippen molar-refractivity contribution in [3.8, 4) is 5.75 Å². The molecule has 8 heteroatoms. The molecule has 5 nitrogen and oxygen atoms in total. The molecule has 0 saturated carbocycles. The second kappa shape index (κ2) is 7.23. The zero-order chi connectivity index (χ0) is 19.6. The zero-order valence-corrected chi connectivity index (χ0v) is 14.7. The van der Waals surface area contributed by atoms with Crippen molar-refractivity contribution in [3.05, 3.63) is 52.3 Å². The van der Waals surface area contributed by atoms with Crippen LogP contribution in [0.5, 0.6) is 5.75 Å². The van der Waals surface area contributed by atoms with E-state index in [0.29, 0.717) is 11.3 Å². The van der Waals surface area contributed by atoms with Crippen molar-refractivity contribution in [3.63, 3.8) is 0 Å². The predicted octanol–water partition coefficient (Wildman–Crippen LogP) is 4.09. The van der Waals surface area contributed by atoms with Gasteiger partial charge in [-0.1, -0.05) is 0 Å². The summed E-state index contributed by atoms with van der Waals surface area (Å²) in [6.07, 6.45) is -5.41. The van der Waals surface area contributed by atoms with Crippen molar-refractivity contribution in [2.75, 3.05) is 7.11 Å². The number of hydrogen-bond acceptors (Lipinski definition) is 4. The van der Waals surface area contributed by atoms with Crippen LogP contribution in [0.3, 0.4) is 0 Å². The Morgan fingerprint density at radius 2 is 1.69 bits per heavy atom. The van der Waals surface area contributed by atoms with E-state index in [1.807, 2.05) is 0 Å². The summed E-state index contributed by atoms with van der Waals surface area (Å²) in [6, 6.07) is 4.07. The average molecular weight is 369 g/mol. The van der Waals surface area contributed by atoms with Crippen LogP contribution in [0.15, 0.2) is 24.3 Å². The van der Waals surface area contributed by atoms with Gasteiger partial charge in [0.05, 0.1) is 23.9 Å². The van der Waals surface area contributed by atoms with E-state index in [1.165, 1.54) is 14.0 Å². The van der Waals surface area contributed by atoms with Gasteiger partial charge >= 0.3 is 12.1 Å². The smallest absolute Gasteiger partial charge is 0.416 e. The molecule has 1 heterocycles. The Balaban J connectivity index is 2.19. The number of alkyl halides is 3. The van der Waals surface area contributed by atoms with E-state index in [2.05, 4.69) is 4.98 Å². The second-order valence-electron chi connectivity index (χ2n) is 5.76. The highest BCUT2D eigenvalue weighted by Crippen LogP contribution is 2.30. The molecular weight excluding hydrogens is 351 g/mol. The van der Waals surface area contributed by atoms with Crippen molar-refractivity contribution in [2.45, 2.75) is 33.1 Å². The lowest BCUT2D eigenvalue weighted by molar-refractivity contribution is -0.137. The van der Waals surface area contributed by atoms with E-state index in [0.717, 1.165) is 24.3 Å². The van der Waals surface area contributed by atoms with Gasteiger partial charge in [0.1, 0.15) is 5.75 Å². The molecule has 0 fully saturated rings. The molecule has 2 rings (SSSR count). The first-order valence-corrected chi connectivity index (χ1v) is 7.71. The lowest BCUT2D eigenvalue weighted by Gasteiger charge is -2.14. The van der Waals surface area contributed by atoms with Crippen molar-refractivity contribution in [2.24, 2.45) is 0 Å². The van der Waals surface area contributed by atoms with E-state index >= 15 is 0 Å². The molecule has 1 aromatic heterocycles. The highest BCUT2D eigenvalue weighted by molar-refractivity contribution is 6.03. The van der Waals surface area contributed by atoms with E-state index in [-0.39, 0.29) is 17.0 Å². The average Bonchev–Trinajstić information content (AvgIpc) is 2.87. The van der Waals surface area contributed by atoms with Crippen LogP contribution in [0.4, 0.5) is 13.2 Å². The number of nitrogens with one attached hydrogen (secondary N) is 1. The number of esters is 1. The minimum Gasteiger partial charge on any atom is -0.483 e. The third-order valence-corrected chi connectivity index (χ3v) is 3.94. The monoisotopic (exact) mass is 369 g/mol. The number of aromatic amines is 1. The minimum absolute atomic E-state index is 0.132. The molecule has 0 radical (unpaired) electrons. The summed E-state index contributed by atoms with van der Waals surface area (Å²) in [6.45, 7) is 4.72. The summed E-state index contributed by atoms with van der Waals surface area (Å²) in [7, 11) is 1.24. The summed E-state index contributed by atoms with van der Waals surface area (Å²) >= 11 is 0. The molecule has 0 amide bonds. The van der Waals surface area contributed by atoms with E-state index < -0.39 is 29.6 Å². The van der Waals surface area contributed by atoms with Gasteiger partial charge in [-0.2, -0.15) is 13.2 Å². The molecule has 0 spiro atoms. The molecule has 2 aromatic rings. The SMILES string of the molecule is COC(=O)c1c(C)[nH]c(C(=O)[C@H](C)Oc2ccc(C(F)(F)F)cc2)c1C. The molecule has 140 valence electrons. The van der Waals surface area contributed by atoms with E-state index in [9.17, 15) is 22.8 Å². The van der Waals surface area contributed by atoms with Gasteiger partial charge < -0.3 is 14.5 Å². The quantitative estimate of drug-likeness (QED) is 0.637. The molecule has 1 atom stereocenters. The third kappa shape index (κ3) is 3.89. The Labute approximate surface area is 148 Å². The molecule has 0 bridgehead atoms. The first-order chi connectivity index (χ1) is 12.1. The fourth-order valence-electron chi connectivity index (χ4n) is 2.59. The highest BCUT2D eigenvalue weighted by atomic mass is 19.4. The van der Waals surface area contributed by atoms with Gasteiger partial charge in [0.15, 0.2) is 6.10 Å². The van der Waals surface area contributed by atoms with Crippen LogP contribution in [0.1, 0.15) is 44.6 Å². The maximum atomic E-state index is 12.6. The fourth-order valence-corrected chi connectivity index (χ4v) is 2.59. The van der Waals surface area contributed by atoms with Crippen molar-refractivity contribution in [1.82, 2.24) is 4.98 Å². The maximum absolute atomic E-state index is 12.6. The van der Waals surface area contributed by atoms with E-state index in [1.54, 1.807) is 13.8 Å². The number of halogens is 3. The third-order valence-electron chi connectivity index (χ3n) is 3.94. The van der Waals surface area contributed by atoms with Gasteiger partial charge in [-0.25, -0.2) is 4.79 Å². The van der Waals surface area contributed by atoms with Gasteiger partial charge in [0, 0.05) is 5.69 Å². The normalized spacial score (nSPS) is 12.6. The van der Waals surface area contributed by atoms with Crippen LogP contribution in [0, 0.1) is 13.8 Å². The van der Waals surface area contributed by atoms with Gasteiger partial charge in [0.25, 0.3) is 0 Å². The molecule has 1 aromatic carbocycles. The number of aromatic nitrogens is 1. The summed E-state index contributed by atoms with van der Waals surface area (Å²) < 4.78 is 47.9. The Hall–Kier alpha value is -2.77. The molecule has 0 unspecified atom stereocenters. The number of H-pyrrole nitrogens is 1. The minimum atomic E-state index is -4.44. The number of aryl methyl sites for hydroxylation is 1. The Morgan fingerprint density at radius 1 is 1.12 bits per heavy atom. The molecule has 0 aliphatic rings.